The zero-order valence-electron chi connectivity index (χ0n) is 27.3. The maximum atomic E-state index is 14.9. The first-order valence-corrected chi connectivity index (χ1v) is 15.7. The van der Waals surface area contributed by atoms with E-state index in [-0.39, 0.29) is 5.56 Å². The molecule has 0 spiro atoms. The number of nitrogens with zero attached hydrogens (tertiary/aromatic N) is 3. The minimum Gasteiger partial charge on any atom is -0.369 e. The van der Waals surface area contributed by atoms with Crippen molar-refractivity contribution in [2.45, 2.75) is 40.5 Å². The summed E-state index contributed by atoms with van der Waals surface area (Å²) in [5, 5.41) is 13.8. The predicted molar refractivity (Wildman–Crippen MR) is 188 cm³/mol. The van der Waals surface area contributed by atoms with E-state index in [1.807, 2.05) is 26.0 Å². The molecule has 0 unspecified atom stereocenters. The summed E-state index contributed by atoms with van der Waals surface area (Å²) in [7, 11) is 0. The molecule has 1 aliphatic rings. The van der Waals surface area contributed by atoms with E-state index >= 15 is 0 Å². The molecule has 7 nitrogen and oxygen atoms in total. The Kier molecular flexibility index (Phi) is 14.8. The highest BCUT2D eigenvalue weighted by Gasteiger charge is 2.15. The van der Waals surface area contributed by atoms with Gasteiger partial charge in [-0.1, -0.05) is 36.9 Å². The number of aryl methyl sites for hydroxylation is 2. The van der Waals surface area contributed by atoms with Gasteiger partial charge in [-0.2, -0.15) is 0 Å². The molecule has 1 fully saturated rings. The normalized spacial score (nSPS) is 16.3. The number of rotatable bonds is 10. The van der Waals surface area contributed by atoms with Crippen LogP contribution in [0.4, 0.5) is 14.5 Å². The monoisotopic (exact) mass is 617 g/mol. The lowest BCUT2D eigenvalue weighted by atomic mass is 10.0. The predicted octanol–water partition coefficient (Wildman–Crippen LogP) is 6.31. The Hall–Kier alpha value is -3.92. The molecule has 45 heavy (non-hydrogen) atoms. The van der Waals surface area contributed by atoms with E-state index in [0.29, 0.717) is 35.5 Å². The summed E-state index contributed by atoms with van der Waals surface area (Å²) in [4.78, 5) is 11.4. The molecule has 1 saturated heterocycles. The molecule has 0 atom stereocenters. The fourth-order valence-corrected chi connectivity index (χ4v) is 4.94. The first-order valence-electron chi connectivity index (χ1n) is 15.7. The van der Waals surface area contributed by atoms with Crippen LogP contribution in [0.2, 0.25) is 0 Å². The molecule has 0 aromatic heterocycles. The number of hydrogen-bond donors (Lipinski definition) is 4. The molecule has 0 aliphatic carbocycles. The molecule has 1 heterocycles. The number of nitrogens with one attached hydrogen (secondary N) is 4. The second-order valence-electron chi connectivity index (χ2n) is 11.1. The molecule has 9 heteroatoms. The lowest BCUT2D eigenvalue weighted by Gasteiger charge is -2.29. The summed E-state index contributed by atoms with van der Waals surface area (Å²) in [6.07, 6.45) is 7.74. The first kappa shape index (κ1) is 35.6. The second-order valence-corrected chi connectivity index (χ2v) is 11.1. The van der Waals surface area contributed by atoms with Gasteiger partial charge in [-0.3, -0.25) is 4.99 Å². The van der Waals surface area contributed by atoms with Gasteiger partial charge < -0.3 is 26.2 Å². The van der Waals surface area contributed by atoms with Crippen LogP contribution in [0.25, 0.3) is 11.3 Å². The van der Waals surface area contributed by atoms with Gasteiger partial charge >= 0.3 is 0 Å². The van der Waals surface area contributed by atoms with E-state index in [2.05, 4.69) is 68.4 Å². The molecule has 4 N–H and O–H groups in total. The van der Waals surface area contributed by atoms with Crippen LogP contribution in [0.5, 0.6) is 0 Å². The van der Waals surface area contributed by atoms with Crippen LogP contribution in [0.3, 0.4) is 0 Å². The molecular weight excluding hydrogens is 568 g/mol. The Balaban J connectivity index is 1.77. The first-order chi connectivity index (χ1) is 21.8. The van der Waals surface area contributed by atoms with Crippen LogP contribution in [-0.2, 0) is 6.42 Å². The fourth-order valence-electron chi connectivity index (χ4n) is 4.94. The largest absolute Gasteiger partial charge is 0.369 e. The number of hydrogen-bond acceptors (Lipinski definition) is 6. The Morgan fingerprint density at radius 1 is 0.933 bits per heavy atom. The van der Waals surface area contributed by atoms with Gasteiger partial charge in [0.05, 0.1) is 5.71 Å². The number of halogens is 2. The standard InChI is InChI=1S/C36H49F2N7/c1-7-9-10-30-11-13-33(35(38)34(30)37)27(4)25-43-28(5)36(42-15-8-2)44-31-12-14-32(26(3)24-31)29(6)45-22-20-40-18-16-39-17-19-41-21-23-45/h7-8,11-15,24-25,39-41H,1,6,9-10,16-23H2,2-5H3,(H,42,44)/b15-8-,27-25+,43-28+. The smallest absolute Gasteiger partial charge is 0.166 e. The minimum atomic E-state index is -0.867. The highest BCUT2D eigenvalue weighted by atomic mass is 19.2. The summed E-state index contributed by atoms with van der Waals surface area (Å²) >= 11 is 0. The van der Waals surface area contributed by atoms with E-state index in [1.165, 1.54) is 0 Å². The van der Waals surface area contributed by atoms with Gasteiger partial charge in [-0.25, -0.2) is 13.8 Å². The third-order valence-corrected chi connectivity index (χ3v) is 7.61. The van der Waals surface area contributed by atoms with Crippen molar-refractivity contribution in [3.63, 3.8) is 0 Å². The van der Waals surface area contributed by atoms with E-state index in [0.717, 1.165) is 74.9 Å². The summed E-state index contributed by atoms with van der Waals surface area (Å²) in [5.41, 5.74) is 5.65. The molecule has 0 bridgehead atoms. The van der Waals surface area contributed by atoms with Gasteiger partial charge in [0.15, 0.2) is 17.5 Å². The number of amidine groups is 1. The van der Waals surface area contributed by atoms with Crippen LogP contribution in [0.1, 0.15) is 49.4 Å². The quantitative estimate of drug-likeness (QED) is 0.143. The molecule has 2 aromatic rings. The van der Waals surface area contributed by atoms with Gasteiger partial charge in [-0.05, 0) is 69.4 Å². The van der Waals surface area contributed by atoms with Crippen molar-refractivity contribution in [2.24, 2.45) is 9.98 Å². The van der Waals surface area contributed by atoms with Crippen LogP contribution >= 0.6 is 0 Å². The van der Waals surface area contributed by atoms with E-state index in [9.17, 15) is 8.78 Å². The lowest BCUT2D eigenvalue weighted by Crippen LogP contribution is -2.41. The van der Waals surface area contributed by atoms with Crippen LogP contribution < -0.4 is 21.3 Å². The lowest BCUT2D eigenvalue weighted by molar-refractivity contribution is 0.379. The maximum Gasteiger partial charge on any atom is 0.166 e. The average molecular weight is 618 g/mol. The Morgan fingerprint density at radius 2 is 1.58 bits per heavy atom. The molecule has 1 aliphatic heterocycles. The van der Waals surface area contributed by atoms with Crippen molar-refractivity contribution in [3.8, 4) is 0 Å². The average Bonchev–Trinajstić information content (AvgIpc) is 3.02. The Labute approximate surface area is 268 Å². The fraction of sp³-hybridized carbons (Fsp3) is 0.389. The number of allylic oxidation sites excluding steroid dienone is 3. The third kappa shape index (κ3) is 10.9. The van der Waals surface area contributed by atoms with Crippen molar-refractivity contribution in [2.75, 3.05) is 57.7 Å². The third-order valence-electron chi connectivity index (χ3n) is 7.61. The minimum absolute atomic E-state index is 0.179. The molecule has 3 rings (SSSR count). The van der Waals surface area contributed by atoms with Crippen molar-refractivity contribution < 1.29 is 8.78 Å². The summed E-state index contributed by atoms with van der Waals surface area (Å²) in [5.74, 6) is -1.14. The zero-order chi connectivity index (χ0) is 32.6. The number of benzene rings is 2. The summed E-state index contributed by atoms with van der Waals surface area (Å²) in [6, 6.07) is 9.39. The van der Waals surface area contributed by atoms with Gasteiger partial charge in [-0.15, -0.1) is 6.58 Å². The number of anilines is 1. The molecule has 0 radical (unpaired) electrons. The highest BCUT2D eigenvalue weighted by molar-refractivity contribution is 6.45. The van der Waals surface area contributed by atoms with E-state index in [4.69, 9.17) is 0 Å². The molecule has 2 aromatic carbocycles. The van der Waals surface area contributed by atoms with Crippen LogP contribution in [0, 0.1) is 18.6 Å². The van der Waals surface area contributed by atoms with Crippen molar-refractivity contribution in [3.05, 3.63) is 102 Å². The topological polar surface area (TPSA) is 76.1 Å². The van der Waals surface area contributed by atoms with Crippen molar-refractivity contribution in [1.82, 2.24) is 20.9 Å². The zero-order valence-corrected chi connectivity index (χ0v) is 27.3. The summed E-state index contributed by atoms with van der Waals surface area (Å²) < 4.78 is 29.5. The SMILES string of the molecule is C=CCCc1ccc(/C(C)=C/N=C(C)/C(=N\C=C/C)Nc2ccc(C(=C)N3CCNCCNCCNCC3)c(C)c2)c(F)c1F. The van der Waals surface area contributed by atoms with Gasteiger partial charge in [0.1, 0.15) is 0 Å². The van der Waals surface area contributed by atoms with Gasteiger partial charge in [0.25, 0.3) is 0 Å². The Morgan fingerprint density at radius 3 is 2.20 bits per heavy atom. The summed E-state index contributed by atoms with van der Waals surface area (Å²) in [6.45, 7) is 22.9. The van der Waals surface area contributed by atoms with Crippen LogP contribution in [0.15, 0.2) is 78.0 Å². The van der Waals surface area contributed by atoms with Gasteiger partial charge in [0.2, 0.25) is 0 Å². The van der Waals surface area contributed by atoms with Crippen molar-refractivity contribution in [1.29, 1.82) is 0 Å². The Bertz CT molecular complexity index is 1410. The van der Waals surface area contributed by atoms with Crippen LogP contribution in [-0.4, -0.2) is 68.8 Å². The maximum absolute atomic E-state index is 14.9. The molecule has 0 amide bonds. The van der Waals surface area contributed by atoms with E-state index < -0.39 is 11.6 Å². The van der Waals surface area contributed by atoms with Crippen molar-refractivity contribution >= 4 is 28.5 Å². The molecular formula is C36H49F2N7. The molecule has 0 saturated carbocycles. The second kappa shape index (κ2) is 18.8. The van der Waals surface area contributed by atoms with E-state index in [1.54, 1.807) is 37.5 Å². The number of aliphatic imine (C=N–C) groups is 2. The van der Waals surface area contributed by atoms with Gasteiger partial charge in [0, 0.05) is 87.3 Å². The highest BCUT2D eigenvalue weighted by Crippen LogP contribution is 2.25. The molecule has 242 valence electrons.